The zero-order valence-corrected chi connectivity index (χ0v) is 11.7. The summed E-state index contributed by atoms with van der Waals surface area (Å²) in [7, 11) is 0. The molecule has 1 amide bonds. The van der Waals surface area contributed by atoms with Crippen LogP contribution in [0.25, 0.3) is 0 Å². The molecule has 1 fully saturated rings. The van der Waals surface area contributed by atoms with Crippen molar-refractivity contribution in [2.45, 2.75) is 38.3 Å². The Morgan fingerprint density at radius 1 is 1.53 bits per heavy atom. The highest BCUT2D eigenvalue weighted by atomic mass is 35.5. The Balaban J connectivity index is 2.41. The topological polar surface area (TPSA) is 46.3 Å². The van der Waals surface area contributed by atoms with E-state index in [1.54, 1.807) is 11.0 Å². The molecule has 1 aliphatic heterocycles. The van der Waals surface area contributed by atoms with Gasteiger partial charge in [0.05, 0.1) is 11.1 Å². The third-order valence-electron chi connectivity index (χ3n) is 3.62. The molecule has 3 nitrogen and oxygen atoms in total. The van der Waals surface area contributed by atoms with Gasteiger partial charge in [0.15, 0.2) is 0 Å². The molecule has 0 spiro atoms. The number of halogens is 2. The molecule has 1 saturated heterocycles. The van der Waals surface area contributed by atoms with Crippen molar-refractivity contribution in [3.8, 4) is 0 Å². The maximum Gasteiger partial charge on any atom is 0.223 e. The van der Waals surface area contributed by atoms with Gasteiger partial charge >= 0.3 is 0 Å². The minimum atomic E-state index is -0.473. The van der Waals surface area contributed by atoms with Gasteiger partial charge in [-0.2, -0.15) is 0 Å². The summed E-state index contributed by atoms with van der Waals surface area (Å²) in [5.74, 6) is -0.394. The fraction of sp³-hybridized carbons (Fsp3) is 0.500. The fourth-order valence-electron chi connectivity index (χ4n) is 2.67. The van der Waals surface area contributed by atoms with Crippen LogP contribution in [0.1, 0.15) is 37.8 Å². The predicted molar refractivity (Wildman–Crippen MR) is 73.4 cm³/mol. The average molecular weight is 285 g/mol. The van der Waals surface area contributed by atoms with Crippen molar-refractivity contribution in [2.75, 3.05) is 6.54 Å². The maximum absolute atomic E-state index is 13.6. The van der Waals surface area contributed by atoms with Gasteiger partial charge in [0.25, 0.3) is 0 Å². The lowest BCUT2D eigenvalue weighted by Crippen LogP contribution is -2.42. The zero-order valence-electron chi connectivity index (χ0n) is 10.9. The molecule has 5 heteroatoms. The SMILES string of the molecule is CCN1C(=O)CCCC(N)C1c1ccc(Cl)c(F)c1. The molecule has 0 bridgehead atoms. The van der Waals surface area contributed by atoms with Crippen LogP contribution in [0.5, 0.6) is 0 Å². The normalized spacial score (nSPS) is 24.4. The minimum absolute atomic E-state index is 0.0795. The molecule has 1 aliphatic rings. The van der Waals surface area contributed by atoms with Crippen LogP contribution < -0.4 is 5.73 Å². The number of amides is 1. The quantitative estimate of drug-likeness (QED) is 0.908. The molecule has 1 aromatic rings. The monoisotopic (exact) mass is 284 g/mol. The summed E-state index contributed by atoms with van der Waals surface area (Å²) in [6, 6.07) is 4.20. The summed E-state index contributed by atoms with van der Waals surface area (Å²) < 4.78 is 13.6. The number of carbonyl (C=O) groups excluding carboxylic acids is 1. The first-order valence-electron chi connectivity index (χ1n) is 6.54. The third kappa shape index (κ3) is 2.90. The summed E-state index contributed by atoms with van der Waals surface area (Å²) in [6.07, 6.45) is 2.05. The van der Waals surface area contributed by atoms with Crippen LogP contribution in [-0.4, -0.2) is 23.4 Å². The summed E-state index contributed by atoms with van der Waals surface area (Å²) >= 11 is 5.70. The smallest absolute Gasteiger partial charge is 0.223 e. The first-order valence-corrected chi connectivity index (χ1v) is 6.92. The first kappa shape index (κ1) is 14.3. The molecular formula is C14H18ClFN2O. The largest absolute Gasteiger partial charge is 0.334 e. The van der Waals surface area contributed by atoms with Crippen LogP contribution in [-0.2, 0) is 4.79 Å². The second-order valence-corrected chi connectivity index (χ2v) is 5.26. The summed E-state index contributed by atoms with van der Waals surface area (Å²) in [4.78, 5) is 13.8. The second kappa shape index (κ2) is 5.88. The molecular weight excluding hydrogens is 267 g/mol. The number of nitrogens with zero attached hydrogens (tertiary/aromatic N) is 1. The van der Waals surface area contributed by atoms with E-state index in [0.717, 1.165) is 12.8 Å². The average Bonchev–Trinajstić information content (AvgIpc) is 2.52. The Morgan fingerprint density at radius 3 is 2.89 bits per heavy atom. The highest BCUT2D eigenvalue weighted by Crippen LogP contribution is 2.31. The number of nitrogens with two attached hydrogens (primary N) is 1. The Kier molecular flexibility index (Phi) is 4.42. The molecule has 0 saturated carbocycles. The van der Waals surface area contributed by atoms with Gasteiger partial charge in [-0.1, -0.05) is 17.7 Å². The van der Waals surface area contributed by atoms with Crippen molar-refractivity contribution in [2.24, 2.45) is 5.73 Å². The van der Waals surface area contributed by atoms with Gasteiger partial charge in [0.1, 0.15) is 5.82 Å². The van der Waals surface area contributed by atoms with Crippen molar-refractivity contribution in [3.05, 3.63) is 34.6 Å². The number of rotatable bonds is 2. The molecule has 2 atom stereocenters. The van der Waals surface area contributed by atoms with Crippen molar-refractivity contribution < 1.29 is 9.18 Å². The number of benzene rings is 1. The number of hydrogen-bond acceptors (Lipinski definition) is 2. The Labute approximate surface area is 117 Å². The molecule has 2 unspecified atom stereocenters. The maximum atomic E-state index is 13.6. The van der Waals surface area contributed by atoms with Crippen molar-refractivity contribution in [3.63, 3.8) is 0 Å². The van der Waals surface area contributed by atoms with Gasteiger partial charge < -0.3 is 10.6 Å². The van der Waals surface area contributed by atoms with Crippen molar-refractivity contribution in [1.29, 1.82) is 0 Å². The van der Waals surface area contributed by atoms with Gasteiger partial charge in [0.2, 0.25) is 5.91 Å². The van der Waals surface area contributed by atoms with E-state index < -0.39 is 5.82 Å². The van der Waals surface area contributed by atoms with E-state index in [4.69, 9.17) is 17.3 Å². The van der Waals surface area contributed by atoms with Crippen molar-refractivity contribution in [1.82, 2.24) is 4.90 Å². The molecule has 0 aliphatic carbocycles. The molecule has 0 aromatic heterocycles. The summed E-state index contributed by atoms with van der Waals surface area (Å²) in [5.41, 5.74) is 6.89. The van der Waals surface area contributed by atoms with Crippen LogP contribution in [0.3, 0.4) is 0 Å². The van der Waals surface area contributed by atoms with Gasteiger partial charge in [-0.05, 0) is 37.5 Å². The predicted octanol–water partition coefficient (Wildman–Crippen LogP) is 2.88. The Bertz CT molecular complexity index is 481. The third-order valence-corrected chi connectivity index (χ3v) is 3.92. The standard InChI is InChI=1S/C14H18ClFN2O/c1-2-18-13(19)5-3-4-12(17)14(18)9-6-7-10(15)11(16)8-9/h6-8,12,14H,2-5,17H2,1H3. The molecule has 2 N–H and O–H groups in total. The molecule has 2 rings (SSSR count). The molecule has 104 valence electrons. The van der Waals surface area contributed by atoms with E-state index in [1.807, 2.05) is 6.92 Å². The van der Waals surface area contributed by atoms with Crippen LogP contribution in [0.15, 0.2) is 18.2 Å². The van der Waals surface area contributed by atoms with Crippen LogP contribution >= 0.6 is 11.6 Å². The summed E-state index contributed by atoms with van der Waals surface area (Å²) in [5, 5.41) is 0.0836. The number of likely N-dealkylation sites (tertiary alicyclic amines) is 1. The summed E-state index contributed by atoms with van der Waals surface area (Å²) in [6.45, 7) is 2.48. The lowest BCUT2D eigenvalue weighted by Gasteiger charge is -2.33. The lowest BCUT2D eigenvalue weighted by atomic mass is 9.96. The second-order valence-electron chi connectivity index (χ2n) is 4.85. The van der Waals surface area contributed by atoms with Crippen LogP contribution in [0, 0.1) is 5.82 Å². The van der Waals surface area contributed by atoms with Gasteiger partial charge in [-0.3, -0.25) is 4.79 Å². The number of carbonyl (C=O) groups is 1. The van der Waals surface area contributed by atoms with Crippen LogP contribution in [0.2, 0.25) is 5.02 Å². The minimum Gasteiger partial charge on any atom is -0.334 e. The molecule has 19 heavy (non-hydrogen) atoms. The molecule has 1 heterocycles. The van der Waals surface area contributed by atoms with Gasteiger partial charge in [0, 0.05) is 19.0 Å². The molecule has 1 aromatic carbocycles. The van der Waals surface area contributed by atoms with E-state index in [2.05, 4.69) is 0 Å². The van der Waals surface area contributed by atoms with E-state index in [0.29, 0.717) is 18.5 Å². The van der Waals surface area contributed by atoms with E-state index in [1.165, 1.54) is 12.1 Å². The van der Waals surface area contributed by atoms with Crippen LogP contribution in [0.4, 0.5) is 4.39 Å². The Morgan fingerprint density at radius 2 is 2.26 bits per heavy atom. The van der Waals surface area contributed by atoms with Gasteiger partial charge in [-0.25, -0.2) is 4.39 Å². The molecule has 0 radical (unpaired) electrons. The highest BCUT2D eigenvalue weighted by Gasteiger charge is 2.32. The van der Waals surface area contributed by atoms with E-state index in [9.17, 15) is 9.18 Å². The Hall–Kier alpha value is -1.13. The van der Waals surface area contributed by atoms with E-state index in [-0.39, 0.29) is 23.0 Å². The zero-order chi connectivity index (χ0) is 14.0. The highest BCUT2D eigenvalue weighted by molar-refractivity contribution is 6.30. The number of likely N-dealkylation sites (N-methyl/N-ethyl adjacent to an activating group) is 1. The first-order chi connectivity index (χ1) is 9.04. The van der Waals surface area contributed by atoms with E-state index >= 15 is 0 Å². The van der Waals surface area contributed by atoms with Crippen molar-refractivity contribution >= 4 is 17.5 Å². The lowest BCUT2D eigenvalue weighted by molar-refractivity contribution is -0.133. The number of hydrogen-bond donors (Lipinski definition) is 1. The van der Waals surface area contributed by atoms with Gasteiger partial charge in [-0.15, -0.1) is 0 Å². The fourth-order valence-corrected chi connectivity index (χ4v) is 2.79.